The highest BCUT2D eigenvalue weighted by atomic mass is 16.5. The Balaban J connectivity index is 1.89. The van der Waals surface area contributed by atoms with Gasteiger partial charge < -0.3 is 15.8 Å². The van der Waals surface area contributed by atoms with Crippen LogP contribution in [0.4, 0.5) is 0 Å². The van der Waals surface area contributed by atoms with Crippen molar-refractivity contribution in [2.75, 3.05) is 26.3 Å². The fraction of sp³-hybridized carbons (Fsp3) is 0.917. The van der Waals surface area contributed by atoms with E-state index in [4.69, 9.17) is 10.5 Å². The second-order valence-corrected chi connectivity index (χ2v) is 4.47. The Morgan fingerprint density at radius 2 is 2.25 bits per heavy atom. The number of carbonyl (C=O) groups excluding carboxylic acids is 1. The van der Waals surface area contributed by atoms with Gasteiger partial charge in [0.25, 0.3) is 0 Å². The number of nitrogens with one attached hydrogen (secondary N) is 1. The van der Waals surface area contributed by atoms with Gasteiger partial charge in [0.05, 0.1) is 0 Å². The quantitative estimate of drug-likeness (QED) is 0.610. The monoisotopic (exact) mass is 228 g/mol. The highest BCUT2D eigenvalue weighted by Gasteiger charge is 2.15. The first-order valence-corrected chi connectivity index (χ1v) is 6.37. The number of hydrogen-bond acceptors (Lipinski definition) is 3. The number of hydrogen-bond donors (Lipinski definition) is 2. The van der Waals surface area contributed by atoms with Gasteiger partial charge in [0.2, 0.25) is 5.91 Å². The zero-order valence-electron chi connectivity index (χ0n) is 10.0. The summed E-state index contributed by atoms with van der Waals surface area (Å²) in [6.07, 6.45) is 5.87. The van der Waals surface area contributed by atoms with Crippen LogP contribution in [0.25, 0.3) is 0 Å². The molecule has 94 valence electrons. The molecule has 1 fully saturated rings. The van der Waals surface area contributed by atoms with Crippen LogP contribution in [0.3, 0.4) is 0 Å². The Morgan fingerprint density at radius 1 is 1.38 bits per heavy atom. The van der Waals surface area contributed by atoms with Crippen LogP contribution >= 0.6 is 0 Å². The summed E-state index contributed by atoms with van der Waals surface area (Å²) in [5, 5.41) is 2.96. The Morgan fingerprint density at radius 3 is 2.94 bits per heavy atom. The van der Waals surface area contributed by atoms with E-state index in [1.54, 1.807) is 0 Å². The Kier molecular flexibility index (Phi) is 7.17. The molecule has 0 aromatic carbocycles. The van der Waals surface area contributed by atoms with E-state index in [0.29, 0.717) is 12.3 Å². The molecule has 4 heteroatoms. The van der Waals surface area contributed by atoms with Crippen LogP contribution < -0.4 is 11.1 Å². The van der Waals surface area contributed by atoms with Crippen LogP contribution in [0.15, 0.2) is 0 Å². The topological polar surface area (TPSA) is 64.4 Å². The summed E-state index contributed by atoms with van der Waals surface area (Å²) >= 11 is 0. The molecule has 1 saturated heterocycles. The molecule has 1 atom stereocenters. The standard InChI is InChI=1S/C12H24N2O2/c13-7-3-1-2-4-12(15)14-8-5-11-6-9-16-10-11/h11H,1-10,13H2,(H,14,15). The van der Waals surface area contributed by atoms with Gasteiger partial charge in [-0.3, -0.25) is 4.79 Å². The Labute approximate surface area is 97.9 Å². The van der Waals surface area contributed by atoms with Crippen molar-refractivity contribution < 1.29 is 9.53 Å². The minimum absolute atomic E-state index is 0.177. The normalized spacial score (nSPS) is 19.9. The minimum atomic E-state index is 0.177. The van der Waals surface area contributed by atoms with Crippen molar-refractivity contribution in [3.63, 3.8) is 0 Å². The molecule has 1 amide bonds. The third-order valence-electron chi connectivity index (χ3n) is 3.01. The van der Waals surface area contributed by atoms with Crippen LogP contribution in [0, 0.1) is 5.92 Å². The second-order valence-electron chi connectivity index (χ2n) is 4.47. The predicted molar refractivity (Wildman–Crippen MR) is 64.1 cm³/mol. The number of carbonyl (C=O) groups is 1. The lowest BCUT2D eigenvalue weighted by molar-refractivity contribution is -0.121. The van der Waals surface area contributed by atoms with Crippen molar-refractivity contribution in [2.24, 2.45) is 11.7 Å². The number of amides is 1. The van der Waals surface area contributed by atoms with Gasteiger partial charge in [-0.05, 0) is 38.1 Å². The van der Waals surface area contributed by atoms with E-state index in [1.807, 2.05) is 0 Å². The molecule has 0 aliphatic carbocycles. The van der Waals surface area contributed by atoms with Gasteiger partial charge in [0.15, 0.2) is 0 Å². The molecule has 1 aliphatic heterocycles. The second kappa shape index (κ2) is 8.53. The molecule has 4 nitrogen and oxygen atoms in total. The lowest BCUT2D eigenvalue weighted by Crippen LogP contribution is -2.25. The molecule has 1 rings (SSSR count). The van der Waals surface area contributed by atoms with E-state index in [-0.39, 0.29) is 5.91 Å². The molecule has 0 radical (unpaired) electrons. The van der Waals surface area contributed by atoms with E-state index < -0.39 is 0 Å². The molecule has 0 spiro atoms. The third-order valence-corrected chi connectivity index (χ3v) is 3.01. The third kappa shape index (κ3) is 6.08. The van der Waals surface area contributed by atoms with Crippen LogP contribution in [0.5, 0.6) is 0 Å². The molecule has 0 bridgehead atoms. The zero-order valence-corrected chi connectivity index (χ0v) is 10.0. The summed E-state index contributed by atoms with van der Waals surface area (Å²) < 4.78 is 5.28. The molecule has 0 saturated carbocycles. The first-order chi connectivity index (χ1) is 7.83. The summed E-state index contributed by atoms with van der Waals surface area (Å²) in [5.74, 6) is 0.827. The highest BCUT2D eigenvalue weighted by Crippen LogP contribution is 2.15. The molecule has 1 unspecified atom stereocenters. The molecule has 3 N–H and O–H groups in total. The van der Waals surface area contributed by atoms with Gasteiger partial charge >= 0.3 is 0 Å². The molecule has 0 aromatic rings. The maximum atomic E-state index is 11.4. The zero-order chi connectivity index (χ0) is 11.6. The molecular weight excluding hydrogens is 204 g/mol. The summed E-state index contributed by atoms with van der Waals surface area (Å²) in [7, 11) is 0. The number of nitrogens with two attached hydrogens (primary N) is 1. The van der Waals surface area contributed by atoms with E-state index in [0.717, 1.165) is 58.4 Å². The first kappa shape index (κ1) is 13.5. The number of unbranched alkanes of at least 4 members (excludes halogenated alkanes) is 2. The summed E-state index contributed by atoms with van der Waals surface area (Å²) in [6, 6.07) is 0. The van der Waals surface area contributed by atoms with E-state index in [1.165, 1.54) is 0 Å². The smallest absolute Gasteiger partial charge is 0.219 e. The molecular formula is C12H24N2O2. The van der Waals surface area contributed by atoms with Crippen LogP contribution in [-0.4, -0.2) is 32.2 Å². The Hall–Kier alpha value is -0.610. The number of ether oxygens (including phenoxy) is 1. The number of rotatable bonds is 8. The van der Waals surface area contributed by atoms with Gasteiger partial charge in [0, 0.05) is 26.2 Å². The molecule has 0 aromatic heterocycles. The fourth-order valence-electron chi connectivity index (χ4n) is 1.92. The van der Waals surface area contributed by atoms with Crippen molar-refractivity contribution >= 4 is 5.91 Å². The average molecular weight is 228 g/mol. The molecule has 16 heavy (non-hydrogen) atoms. The molecule has 1 aliphatic rings. The average Bonchev–Trinajstić information content (AvgIpc) is 2.77. The van der Waals surface area contributed by atoms with Crippen LogP contribution in [0.1, 0.15) is 38.5 Å². The lowest BCUT2D eigenvalue weighted by atomic mass is 10.1. The first-order valence-electron chi connectivity index (χ1n) is 6.37. The van der Waals surface area contributed by atoms with Crippen molar-refractivity contribution in [3.8, 4) is 0 Å². The van der Waals surface area contributed by atoms with Crippen LogP contribution in [0.2, 0.25) is 0 Å². The fourth-order valence-corrected chi connectivity index (χ4v) is 1.92. The molecule has 1 heterocycles. The predicted octanol–water partition coefficient (Wildman–Crippen LogP) is 1.05. The summed E-state index contributed by atoms with van der Waals surface area (Å²) in [6.45, 7) is 3.27. The van der Waals surface area contributed by atoms with Crippen molar-refractivity contribution in [2.45, 2.75) is 38.5 Å². The van der Waals surface area contributed by atoms with Gasteiger partial charge in [-0.1, -0.05) is 6.42 Å². The maximum absolute atomic E-state index is 11.4. The van der Waals surface area contributed by atoms with Crippen molar-refractivity contribution in [1.29, 1.82) is 0 Å². The van der Waals surface area contributed by atoms with Gasteiger partial charge in [0.1, 0.15) is 0 Å². The van der Waals surface area contributed by atoms with Crippen molar-refractivity contribution in [1.82, 2.24) is 5.32 Å². The SMILES string of the molecule is NCCCCCC(=O)NCCC1CCOC1. The van der Waals surface area contributed by atoms with Gasteiger partial charge in [-0.2, -0.15) is 0 Å². The van der Waals surface area contributed by atoms with E-state index in [9.17, 15) is 4.79 Å². The van der Waals surface area contributed by atoms with Crippen LogP contribution in [-0.2, 0) is 9.53 Å². The van der Waals surface area contributed by atoms with E-state index in [2.05, 4.69) is 5.32 Å². The Bertz CT molecular complexity index is 191. The highest BCUT2D eigenvalue weighted by molar-refractivity contribution is 5.75. The lowest BCUT2D eigenvalue weighted by Gasteiger charge is -2.08. The van der Waals surface area contributed by atoms with Gasteiger partial charge in [-0.25, -0.2) is 0 Å². The van der Waals surface area contributed by atoms with E-state index >= 15 is 0 Å². The largest absolute Gasteiger partial charge is 0.381 e. The summed E-state index contributed by atoms with van der Waals surface area (Å²) in [5.41, 5.74) is 5.38. The minimum Gasteiger partial charge on any atom is -0.381 e. The van der Waals surface area contributed by atoms with Crippen molar-refractivity contribution in [3.05, 3.63) is 0 Å². The summed E-state index contributed by atoms with van der Waals surface area (Å²) in [4.78, 5) is 11.4. The maximum Gasteiger partial charge on any atom is 0.219 e. The van der Waals surface area contributed by atoms with Gasteiger partial charge in [-0.15, -0.1) is 0 Å².